The number of nitrogens with one attached hydrogen (secondary N) is 2. The third-order valence-electron chi connectivity index (χ3n) is 8.78. The van der Waals surface area contributed by atoms with Gasteiger partial charge in [0.15, 0.2) is 0 Å². The lowest BCUT2D eigenvalue weighted by Gasteiger charge is -2.29. The van der Waals surface area contributed by atoms with Crippen molar-refractivity contribution in [2.45, 2.75) is 75.0 Å². The van der Waals surface area contributed by atoms with E-state index in [2.05, 4.69) is 16.6 Å². The van der Waals surface area contributed by atoms with E-state index in [1.54, 1.807) is 33.9 Å². The highest BCUT2D eigenvalue weighted by molar-refractivity contribution is 7.91. The molecule has 3 aromatic rings. The summed E-state index contributed by atoms with van der Waals surface area (Å²) in [5.74, 6) is -0.776. The number of rotatable bonds is 10. The van der Waals surface area contributed by atoms with Crippen molar-refractivity contribution in [1.82, 2.24) is 19.9 Å². The third-order valence-corrected chi connectivity index (χ3v) is 10.6. The van der Waals surface area contributed by atoms with Gasteiger partial charge in [0.25, 0.3) is 5.91 Å². The molecule has 0 bridgehead atoms. The number of amides is 3. The fraction of sp³-hybridized carbons (Fsp3) is 0.429. The Labute approximate surface area is 279 Å². The van der Waals surface area contributed by atoms with Gasteiger partial charge in [-0.15, -0.1) is 6.58 Å². The van der Waals surface area contributed by atoms with Crippen LogP contribution in [0.2, 0.25) is 0 Å². The number of sulfonamides is 1. The number of hydrogen-bond acceptors (Lipinski definition) is 9. The predicted octanol–water partition coefficient (Wildman–Crippen LogP) is 4.34. The minimum absolute atomic E-state index is 0.0216. The third kappa shape index (κ3) is 6.82. The largest absolute Gasteiger partial charge is 0.497 e. The van der Waals surface area contributed by atoms with Crippen molar-refractivity contribution in [3.8, 4) is 22.8 Å². The summed E-state index contributed by atoms with van der Waals surface area (Å²) in [7, 11) is -2.28. The number of methoxy groups -OCH3 is 1. The van der Waals surface area contributed by atoms with Crippen LogP contribution >= 0.6 is 0 Å². The van der Waals surface area contributed by atoms with Gasteiger partial charge < -0.3 is 19.5 Å². The number of hydrogen-bond donors (Lipinski definition) is 2. The van der Waals surface area contributed by atoms with Crippen LogP contribution in [0.1, 0.15) is 46.5 Å². The minimum Gasteiger partial charge on any atom is -0.497 e. The smallest absolute Gasteiger partial charge is 0.411 e. The van der Waals surface area contributed by atoms with E-state index in [0.717, 1.165) is 5.56 Å². The van der Waals surface area contributed by atoms with E-state index in [0.29, 0.717) is 40.9 Å². The molecule has 0 unspecified atom stereocenters. The maximum atomic E-state index is 14.0. The zero-order valence-corrected chi connectivity index (χ0v) is 28.2. The Hall–Kier alpha value is -4.65. The average molecular weight is 677 g/mol. The van der Waals surface area contributed by atoms with Gasteiger partial charge in [0.1, 0.15) is 34.8 Å². The van der Waals surface area contributed by atoms with Crippen molar-refractivity contribution in [2.24, 2.45) is 5.92 Å². The molecule has 2 N–H and O–H groups in total. The molecule has 3 amide bonds. The van der Waals surface area contributed by atoms with E-state index < -0.39 is 62.4 Å². The van der Waals surface area contributed by atoms with Gasteiger partial charge in [-0.05, 0) is 52.2 Å². The summed E-state index contributed by atoms with van der Waals surface area (Å²) in [5, 5.41) is 2.88. The molecule has 0 radical (unpaired) electrons. The van der Waals surface area contributed by atoms with Gasteiger partial charge in [-0.3, -0.25) is 19.2 Å². The normalized spacial score (nSPS) is 23.7. The van der Waals surface area contributed by atoms with Gasteiger partial charge in [-0.1, -0.05) is 36.4 Å². The first kappa shape index (κ1) is 33.3. The second kappa shape index (κ2) is 12.4. The van der Waals surface area contributed by atoms with Crippen LogP contribution in [0.5, 0.6) is 11.5 Å². The highest BCUT2D eigenvalue weighted by Crippen LogP contribution is 2.45. The molecule has 6 rings (SSSR count). The number of carbonyl (C=O) groups excluding carboxylic acids is 3. The maximum Gasteiger partial charge on any atom is 0.411 e. The van der Waals surface area contributed by atoms with Gasteiger partial charge in [-0.25, -0.2) is 18.2 Å². The summed E-state index contributed by atoms with van der Waals surface area (Å²) in [6, 6.07) is 15.8. The number of nitrogens with zero attached hydrogens (tertiary/aromatic N) is 2. The average Bonchev–Trinajstić information content (AvgIpc) is 3.97. The number of fused-ring (bicyclic) bond motifs is 1. The van der Waals surface area contributed by atoms with E-state index in [9.17, 15) is 22.8 Å². The van der Waals surface area contributed by atoms with Crippen molar-refractivity contribution < 1.29 is 37.0 Å². The summed E-state index contributed by atoms with van der Waals surface area (Å²) < 4.78 is 45.0. The number of carbonyl (C=O) groups is 3. The number of pyridine rings is 1. The number of aromatic nitrogens is 1. The van der Waals surface area contributed by atoms with Gasteiger partial charge in [-0.2, -0.15) is 0 Å². The zero-order valence-electron chi connectivity index (χ0n) is 27.4. The van der Waals surface area contributed by atoms with E-state index in [4.69, 9.17) is 19.2 Å². The quantitative estimate of drug-likeness (QED) is 0.299. The van der Waals surface area contributed by atoms with Crippen molar-refractivity contribution in [2.75, 3.05) is 13.7 Å². The summed E-state index contributed by atoms with van der Waals surface area (Å²) >= 11 is 0. The molecule has 2 aromatic carbocycles. The molecule has 3 aliphatic rings. The standard InChI is InChI=1S/C35H40N4O8S/c1-6-22-19-35(22,32(41)38-48(43,44)25-13-14-25)37-31(40)29-17-24(20-39(29)33(42)47-34(2,3)4)46-30-18-27(21-10-8-7-9-11-21)36-28-16-23(45-5)12-15-26(28)30/h6-12,15-16,18,22,24-25,29H,1,13-14,17,19-20H2,2-5H3,(H,37,40)(H,38,41)/t22-,24-,29-,35-/m1/s1. The molecule has 1 saturated heterocycles. The lowest BCUT2D eigenvalue weighted by atomic mass is 10.1. The van der Waals surface area contributed by atoms with Crippen LogP contribution in [-0.4, -0.2) is 78.4 Å². The Morgan fingerprint density at radius 1 is 1.08 bits per heavy atom. The molecular formula is C35H40N4O8S. The fourth-order valence-corrected chi connectivity index (χ4v) is 7.37. The SMILES string of the molecule is C=C[C@@H]1C[C@]1(NC(=O)[C@H]1C[C@@H](Oc2cc(-c3ccccc3)nc3cc(OC)ccc23)CN1C(=O)OC(C)(C)C)C(=O)NS(=O)(=O)C1CC1. The second-order valence-electron chi connectivity index (χ2n) is 13.6. The Balaban J connectivity index is 1.29. The summed E-state index contributed by atoms with van der Waals surface area (Å²) in [6.07, 6.45) is 1.39. The molecule has 48 heavy (non-hydrogen) atoms. The first-order valence-electron chi connectivity index (χ1n) is 15.9. The van der Waals surface area contributed by atoms with Crippen molar-refractivity contribution in [1.29, 1.82) is 0 Å². The zero-order chi connectivity index (χ0) is 34.4. The molecule has 254 valence electrons. The van der Waals surface area contributed by atoms with E-state index in [-0.39, 0.29) is 19.4 Å². The first-order valence-corrected chi connectivity index (χ1v) is 17.5. The molecule has 1 aromatic heterocycles. The number of benzene rings is 2. The van der Waals surface area contributed by atoms with E-state index >= 15 is 0 Å². The van der Waals surface area contributed by atoms with Gasteiger partial charge in [0, 0.05) is 35.4 Å². The molecule has 0 spiro atoms. The topological polar surface area (TPSA) is 153 Å². The van der Waals surface area contributed by atoms with Crippen molar-refractivity contribution >= 4 is 38.8 Å². The summed E-state index contributed by atoms with van der Waals surface area (Å²) in [6.45, 7) is 8.96. The summed E-state index contributed by atoms with van der Waals surface area (Å²) in [5.41, 5.74) is -0.157. The molecular weight excluding hydrogens is 636 g/mol. The van der Waals surface area contributed by atoms with Crippen LogP contribution in [0.25, 0.3) is 22.2 Å². The molecule has 2 heterocycles. The number of ether oxygens (including phenoxy) is 3. The lowest BCUT2D eigenvalue weighted by Crippen LogP contribution is -2.56. The fourth-order valence-electron chi connectivity index (χ4n) is 6.01. The predicted molar refractivity (Wildman–Crippen MR) is 179 cm³/mol. The van der Waals surface area contributed by atoms with Crippen LogP contribution in [-0.2, 0) is 24.3 Å². The molecule has 12 nitrogen and oxygen atoms in total. The van der Waals surface area contributed by atoms with Crippen molar-refractivity contribution in [3.63, 3.8) is 0 Å². The molecule has 3 fully saturated rings. The van der Waals surface area contributed by atoms with Crippen LogP contribution in [0.3, 0.4) is 0 Å². The van der Waals surface area contributed by atoms with Gasteiger partial charge in [0.2, 0.25) is 15.9 Å². The second-order valence-corrected chi connectivity index (χ2v) is 15.5. The van der Waals surface area contributed by atoms with E-state index in [1.807, 2.05) is 48.5 Å². The highest BCUT2D eigenvalue weighted by Gasteiger charge is 2.62. The minimum atomic E-state index is -3.85. The van der Waals surface area contributed by atoms with Crippen LogP contribution in [0, 0.1) is 5.92 Å². The van der Waals surface area contributed by atoms with Crippen LogP contribution < -0.4 is 19.5 Å². The molecule has 2 saturated carbocycles. The Kier molecular flexibility index (Phi) is 8.61. The summed E-state index contributed by atoms with van der Waals surface area (Å²) in [4.78, 5) is 46.9. The Morgan fingerprint density at radius 3 is 2.44 bits per heavy atom. The molecule has 2 aliphatic carbocycles. The van der Waals surface area contributed by atoms with Gasteiger partial charge in [0.05, 0.1) is 30.1 Å². The Morgan fingerprint density at radius 2 is 1.81 bits per heavy atom. The van der Waals surface area contributed by atoms with Crippen LogP contribution in [0.15, 0.2) is 67.3 Å². The Bertz CT molecular complexity index is 1870. The molecule has 4 atom stereocenters. The number of likely N-dealkylation sites (tertiary alicyclic amines) is 1. The van der Waals surface area contributed by atoms with E-state index in [1.165, 1.54) is 11.0 Å². The van der Waals surface area contributed by atoms with Gasteiger partial charge >= 0.3 is 6.09 Å². The highest BCUT2D eigenvalue weighted by atomic mass is 32.2. The monoisotopic (exact) mass is 676 g/mol. The van der Waals surface area contributed by atoms with Crippen molar-refractivity contribution in [3.05, 3.63) is 67.3 Å². The molecule has 1 aliphatic heterocycles. The maximum absolute atomic E-state index is 14.0. The molecule has 13 heteroatoms. The van der Waals surface area contributed by atoms with Crippen LogP contribution in [0.4, 0.5) is 4.79 Å². The first-order chi connectivity index (χ1) is 22.7. The lowest BCUT2D eigenvalue weighted by molar-refractivity contribution is -0.131.